The lowest BCUT2D eigenvalue weighted by Gasteiger charge is -2.35. The molecule has 2 heterocycles. The summed E-state index contributed by atoms with van der Waals surface area (Å²) in [5, 5.41) is 4.53. The predicted octanol–water partition coefficient (Wildman–Crippen LogP) is 2.68. The van der Waals surface area contributed by atoms with Gasteiger partial charge in [0, 0.05) is 50.3 Å². The molecule has 0 saturated carbocycles. The highest BCUT2D eigenvalue weighted by molar-refractivity contribution is 7.11. The minimum Gasteiger partial charge on any atom is -0.381 e. The first-order valence-corrected chi connectivity index (χ1v) is 8.00. The summed E-state index contributed by atoms with van der Waals surface area (Å²) in [6.07, 6.45) is 4.97. The Morgan fingerprint density at radius 1 is 1.42 bits per heavy atom. The van der Waals surface area contributed by atoms with Crippen molar-refractivity contribution in [3.63, 3.8) is 0 Å². The molecule has 2 rings (SSSR count). The Labute approximate surface area is 119 Å². The predicted molar refractivity (Wildman–Crippen MR) is 77.5 cm³/mol. The van der Waals surface area contributed by atoms with Crippen molar-refractivity contribution in [3.8, 4) is 0 Å². The van der Waals surface area contributed by atoms with Gasteiger partial charge < -0.3 is 14.8 Å². The quantitative estimate of drug-likeness (QED) is 0.782. The molecule has 1 aromatic heterocycles. The zero-order valence-corrected chi connectivity index (χ0v) is 12.7. The van der Waals surface area contributed by atoms with Gasteiger partial charge in [-0.3, -0.25) is 0 Å². The van der Waals surface area contributed by atoms with Crippen molar-refractivity contribution < 1.29 is 9.47 Å². The Balaban J connectivity index is 2.04. The molecule has 0 radical (unpaired) electrons. The lowest BCUT2D eigenvalue weighted by molar-refractivity contribution is -0.112. The van der Waals surface area contributed by atoms with Crippen molar-refractivity contribution >= 4 is 11.3 Å². The molecule has 0 aromatic carbocycles. The molecular weight excluding hydrogens is 260 g/mol. The van der Waals surface area contributed by atoms with Gasteiger partial charge in [-0.05, 0) is 19.9 Å². The molecule has 0 atom stereocenters. The summed E-state index contributed by atoms with van der Waals surface area (Å²) in [6, 6.07) is 0. The van der Waals surface area contributed by atoms with Gasteiger partial charge in [0.1, 0.15) is 10.6 Å². The Kier molecular flexibility index (Phi) is 5.76. The topological polar surface area (TPSA) is 43.4 Å². The van der Waals surface area contributed by atoms with E-state index in [1.807, 2.05) is 6.20 Å². The summed E-state index contributed by atoms with van der Waals surface area (Å²) in [6.45, 7) is 8.45. The van der Waals surface area contributed by atoms with Crippen LogP contribution in [-0.4, -0.2) is 31.3 Å². The monoisotopic (exact) mass is 284 g/mol. The Hall–Kier alpha value is -0.490. The summed E-state index contributed by atoms with van der Waals surface area (Å²) in [4.78, 5) is 5.89. The highest BCUT2D eigenvalue weighted by Crippen LogP contribution is 2.38. The summed E-state index contributed by atoms with van der Waals surface area (Å²) >= 11 is 1.77. The van der Waals surface area contributed by atoms with E-state index >= 15 is 0 Å². The normalized spacial score (nSPS) is 18.6. The van der Waals surface area contributed by atoms with Crippen molar-refractivity contribution in [3.05, 3.63) is 16.1 Å². The lowest BCUT2D eigenvalue weighted by atomic mass is 9.95. The Morgan fingerprint density at radius 2 is 2.21 bits per heavy atom. The number of rotatable bonds is 7. The molecule has 108 valence electrons. The van der Waals surface area contributed by atoms with E-state index in [0.29, 0.717) is 0 Å². The van der Waals surface area contributed by atoms with Gasteiger partial charge in [-0.15, -0.1) is 11.3 Å². The van der Waals surface area contributed by atoms with Crippen LogP contribution in [-0.2, 0) is 21.6 Å². The molecule has 1 aromatic rings. The van der Waals surface area contributed by atoms with Crippen molar-refractivity contribution in [2.75, 3.05) is 26.4 Å². The fraction of sp³-hybridized carbons (Fsp3) is 0.786. The van der Waals surface area contributed by atoms with Crippen molar-refractivity contribution in [1.29, 1.82) is 0 Å². The number of thiazole rings is 1. The van der Waals surface area contributed by atoms with E-state index in [1.54, 1.807) is 11.3 Å². The van der Waals surface area contributed by atoms with Crippen LogP contribution in [0.15, 0.2) is 6.20 Å². The largest absolute Gasteiger partial charge is 0.381 e. The maximum absolute atomic E-state index is 6.04. The molecule has 4 nitrogen and oxygen atoms in total. The summed E-state index contributed by atoms with van der Waals surface area (Å²) < 4.78 is 11.5. The third-order valence-corrected chi connectivity index (χ3v) is 4.57. The molecule has 1 aliphatic heterocycles. The molecule has 0 spiro atoms. The first-order chi connectivity index (χ1) is 9.30. The van der Waals surface area contributed by atoms with Crippen LogP contribution in [0.5, 0.6) is 0 Å². The average molecular weight is 284 g/mol. The third kappa shape index (κ3) is 3.75. The van der Waals surface area contributed by atoms with Crippen LogP contribution in [0.1, 0.15) is 43.0 Å². The van der Waals surface area contributed by atoms with Crippen LogP contribution in [0.3, 0.4) is 0 Å². The van der Waals surface area contributed by atoms with Crippen LogP contribution in [0.25, 0.3) is 0 Å². The van der Waals surface area contributed by atoms with Gasteiger partial charge in [0.25, 0.3) is 0 Å². The van der Waals surface area contributed by atoms with E-state index in [1.165, 1.54) is 4.88 Å². The standard InChI is InChI=1S/C14H24N2O2S/c1-3-7-15-10-12-11-16-13(19-12)14(18-4-2)5-8-17-9-6-14/h11,15H,3-10H2,1-2H3. The van der Waals surface area contributed by atoms with E-state index in [9.17, 15) is 0 Å². The second-order valence-electron chi connectivity index (χ2n) is 4.85. The number of nitrogens with one attached hydrogen (secondary N) is 1. The zero-order chi connectivity index (χ0) is 13.6. The fourth-order valence-corrected chi connectivity index (χ4v) is 3.47. The molecule has 0 amide bonds. The molecular formula is C14H24N2O2S. The van der Waals surface area contributed by atoms with E-state index in [0.717, 1.165) is 57.2 Å². The summed E-state index contributed by atoms with van der Waals surface area (Å²) in [7, 11) is 0. The maximum atomic E-state index is 6.04. The second kappa shape index (κ2) is 7.33. The SMILES string of the molecule is CCCNCc1cnc(C2(OCC)CCOCC2)s1. The highest BCUT2D eigenvalue weighted by Gasteiger charge is 2.37. The molecule has 0 aliphatic carbocycles. The molecule has 0 unspecified atom stereocenters. The zero-order valence-electron chi connectivity index (χ0n) is 11.9. The molecule has 1 N–H and O–H groups in total. The van der Waals surface area contributed by atoms with E-state index in [2.05, 4.69) is 24.1 Å². The van der Waals surface area contributed by atoms with E-state index in [4.69, 9.17) is 9.47 Å². The van der Waals surface area contributed by atoms with Crippen LogP contribution < -0.4 is 5.32 Å². The van der Waals surface area contributed by atoms with E-state index in [-0.39, 0.29) is 5.60 Å². The first kappa shape index (κ1) is 14.9. The number of nitrogens with zero attached hydrogens (tertiary/aromatic N) is 1. The van der Waals surface area contributed by atoms with Crippen LogP contribution >= 0.6 is 11.3 Å². The molecule has 1 saturated heterocycles. The van der Waals surface area contributed by atoms with E-state index < -0.39 is 0 Å². The first-order valence-electron chi connectivity index (χ1n) is 7.18. The molecule has 0 bridgehead atoms. The number of hydrogen-bond acceptors (Lipinski definition) is 5. The molecule has 19 heavy (non-hydrogen) atoms. The van der Waals surface area contributed by atoms with Crippen LogP contribution in [0, 0.1) is 0 Å². The fourth-order valence-electron chi connectivity index (χ4n) is 2.39. The second-order valence-corrected chi connectivity index (χ2v) is 5.96. The third-order valence-electron chi connectivity index (χ3n) is 3.39. The Morgan fingerprint density at radius 3 is 2.89 bits per heavy atom. The summed E-state index contributed by atoms with van der Waals surface area (Å²) in [5.41, 5.74) is -0.208. The molecule has 1 fully saturated rings. The van der Waals surface area contributed by atoms with Gasteiger partial charge in [-0.1, -0.05) is 6.92 Å². The number of ether oxygens (including phenoxy) is 2. The Bertz CT molecular complexity index is 370. The number of aromatic nitrogens is 1. The van der Waals surface area contributed by atoms with Gasteiger partial charge in [-0.25, -0.2) is 4.98 Å². The minimum atomic E-state index is -0.208. The smallest absolute Gasteiger partial charge is 0.125 e. The van der Waals surface area contributed by atoms with Gasteiger partial charge in [0.05, 0.1) is 0 Å². The van der Waals surface area contributed by atoms with Crippen LogP contribution in [0.4, 0.5) is 0 Å². The van der Waals surface area contributed by atoms with Crippen molar-refractivity contribution in [1.82, 2.24) is 10.3 Å². The van der Waals surface area contributed by atoms with Crippen molar-refractivity contribution in [2.45, 2.75) is 45.3 Å². The summed E-state index contributed by atoms with van der Waals surface area (Å²) in [5.74, 6) is 0. The molecule has 5 heteroatoms. The van der Waals surface area contributed by atoms with Crippen LogP contribution in [0.2, 0.25) is 0 Å². The van der Waals surface area contributed by atoms with Gasteiger partial charge in [-0.2, -0.15) is 0 Å². The molecule has 1 aliphatic rings. The number of hydrogen-bond donors (Lipinski definition) is 1. The van der Waals surface area contributed by atoms with Gasteiger partial charge >= 0.3 is 0 Å². The van der Waals surface area contributed by atoms with Crippen molar-refractivity contribution in [2.24, 2.45) is 0 Å². The highest BCUT2D eigenvalue weighted by atomic mass is 32.1. The lowest BCUT2D eigenvalue weighted by Crippen LogP contribution is -2.36. The van der Waals surface area contributed by atoms with Gasteiger partial charge in [0.2, 0.25) is 0 Å². The average Bonchev–Trinajstić information content (AvgIpc) is 2.90. The maximum Gasteiger partial charge on any atom is 0.125 e. The minimum absolute atomic E-state index is 0.208. The van der Waals surface area contributed by atoms with Gasteiger partial charge in [0.15, 0.2) is 0 Å².